The maximum atomic E-state index is 5.19. The molecule has 0 radical (unpaired) electrons. The number of H-pyrrole nitrogens is 1. The molecule has 4 nitrogen and oxygen atoms in total. The maximum Gasteiger partial charge on any atom is 0.195 e. The largest absolute Gasteiger partial charge is 0.317 e. The number of nitrogens with zero attached hydrogens (tertiary/aromatic N) is 2. The molecule has 0 saturated carbocycles. The molecule has 2 rings (SSSR count). The molecular weight excluding hydrogens is 208 g/mol. The highest BCUT2D eigenvalue weighted by atomic mass is 32.1. The predicted molar refractivity (Wildman–Crippen MR) is 62.5 cm³/mol. The van der Waals surface area contributed by atoms with Crippen molar-refractivity contribution in [2.75, 3.05) is 13.1 Å². The summed E-state index contributed by atoms with van der Waals surface area (Å²) in [6.07, 6.45) is 4.13. The summed E-state index contributed by atoms with van der Waals surface area (Å²) >= 11 is 5.19. The van der Waals surface area contributed by atoms with E-state index in [0.717, 1.165) is 38.3 Å². The van der Waals surface area contributed by atoms with Gasteiger partial charge < -0.3 is 9.88 Å². The first-order valence-electron chi connectivity index (χ1n) is 5.29. The minimum Gasteiger partial charge on any atom is -0.317 e. The molecule has 0 aliphatic carbocycles. The van der Waals surface area contributed by atoms with E-state index in [9.17, 15) is 0 Å². The summed E-state index contributed by atoms with van der Waals surface area (Å²) in [5, 5.41) is 10.5. The van der Waals surface area contributed by atoms with Gasteiger partial charge in [0, 0.05) is 12.5 Å². The fourth-order valence-corrected chi connectivity index (χ4v) is 2.24. The van der Waals surface area contributed by atoms with Gasteiger partial charge in [-0.15, -0.1) is 6.58 Å². The molecule has 82 valence electrons. The minimum atomic E-state index is 0.527. The molecule has 1 aliphatic rings. The highest BCUT2D eigenvalue weighted by Crippen LogP contribution is 2.23. The molecular formula is C10H16N4S. The zero-order chi connectivity index (χ0) is 10.7. The van der Waals surface area contributed by atoms with E-state index in [-0.39, 0.29) is 0 Å². The number of hydrogen-bond donors (Lipinski definition) is 2. The summed E-state index contributed by atoms with van der Waals surface area (Å²) in [4.78, 5) is 0. The fourth-order valence-electron chi connectivity index (χ4n) is 2.03. The van der Waals surface area contributed by atoms with Gasteiger partial charge in [0.25, 0.3) is 0 Å². The molecule has 15 heavy (non-hydrogen) atoms. The zero-order valence-corrected chi connectivity index (χ0v) is 9.52. The van der Waals surface area contributed by atoms with Crippen LogP contribution in [0.1, 0.15) is 24.6 Å². The number of hydrogen-bond acceptors (Lipinski definition) is 3. The average molecular weight is 224 g/mol. The average Bonchev–Trinajstić information content (AvgIpc) is 2.63. The summed E-state index contributed by atoms with van der Waals surface area (Å²) in [6.45, 7) is 6.62. The molecule has 0 unspecified atom stereocenters. The van der Waals surface area contributed by atoms with E-state index in [2.05, 4.69) is 22.1 Å². The Balaban J connectivity index is 2.25. The molecule has 0 bridgehead atoms. The standard InChI is InChI=1S/C10H16N4S/c1-2-7-14-9(12-13-10(14)15)8-3-5-11-6-4-8/h2,8,11H,1,3-7H2,(H,13,15). The molecule has 2 heterocycles. The number of nitrogens with one attached hydrogen (secondary N) is 2. The summed E-state index contributed by atoms with van der Waals surface area (Å²) in [5.41, 5.74) is 0. The Labute approximate surface area is 94.4 Å². The third-order valence-corrected chi connectivity index (χ3v) is 3.12. The number of rotatable bonds is 3. The first-order valence-corrected chi connectivity index (χ1v) is 5.70. The molecule has 1 fully saturated rings. The molecule has 1 saturated heterocycles. The number of allylic oxidation sites excluding steroid dienone is 1. The van der Waals surface area contributed by atoms with Crippen LogP contribution in [0.25, 0.3) is 0 Å². The number of piperidine rings is 1. The lowest BCUT2D eigenvalue weighted by atomic mass is 9.97. The highest BCUT2D eigenvalue weighted by Gasteiger charge is 2.20. The van der Waals surface area contributed by atoms with E-state index >= 15 is 0 Å². The van der Waals surface area contributed by atoms with Crippen molar-refractivity contribution >= 4 is 12.2 Å². The molecule has 0 atom stereocenters. The van der Waals surface area contributed by atoms with Crippen LogP contribution < -0.4 is 5.32 Å². The SMILES string of the molecule is C=CCn1c(C2CCNCC2)n[nH]c1=S. The summed E-state index contributed by atoms with van der Waals surface area (Å²) in [7, 11) is 0. The van der Waals surface area contributed by atoms with Crippen molar-refractivity contribution < 1.29 is 0 Å². The van der Waals surface area contributed by atoms with Gasteiger partial charge >= 0.3 is 0 Å². The van der Waals surface area contributed by atoms with E-state index in [0.29, 0.717) is 10.7 Å². The van der Waals surface area contributed by atoms with Gasteiger partial charge in [0.2, 0.25) is 0 Å². The van der Waals surface area contributed by atoms with Gasteiger partial charge in [0.15, 0.2) is 4.77 Å². The molecule has 1 aromatic rings. The van der Waals surface area contributed by atoms with Gasteiger partial charge in [0.1, 0.15) is 5.82 Å². The fraction of sp³-hybridized carbons (Fsp3) is 0.600. The molecule has 5 heteroatoms. The normalized spacial score (nSPS) is 17.9. The lowest BCUT2D eigenvalue weighted by molar-refractivity contribution is 0.433. The van der Waals surface area contributed by atoms with Gasteiger partial charge in [-0.2, -0.15) is 5.10 Å². The van der Waals surface area contributed by atoms with E-state index in [4.69, 9.17) is 12.2 Å². The van der Waals surface area contributed by atoms with Gasteiger partial charge in [-0.05, 0) is 38.1 Å². The van der Waals surface area contributed by atoms with Gasteiger partial charge in [-0.1, -0.05) is 6.08 Å². The Morgan fingerprint density at radius 1 is 1.53 bits per heavy atom. The Hall–Kier alpha value is -0.940. The topological polar surface area (TPSA) is 45.6 Å². The third kappa shape index (κ3) is 2.18. The first kappa shape index (κ1) is 10.6. The number of aromatic nitrogens is 3. The summed E-state index contributed by atoms with van der Waals surface area (Å²) in [5.74, 6) is 1.61. The smallest absolute Gasteiger partial charge is 0.195 e. The minimum absolute atomic E-state index is 0.527. The van der Waals surface area contributed by atoms with Gasteiger partial charge in [-0.25, -0.2) is 0 Å². The van der Waals surface area contributed by atoms with Crippen molar-refractivity contribution in [2.24, 2.45) is 0 Å². The lowest BCUT2D eigenvalue weighted by Gasteiger charge is -2.22. The van der Waals surface area contributed by atoms with Crippen LogP contribution in [-0.2, 0) is 6.54 Å². The molecule has 1 aromatic heterocycles. The van der Waals surface area contributed by atoms with Crippen LogP contribution in [0.4, 0.5) is 0 Å². The number of aromatic amines is 1. The maximum absolute atomic E-state index is 5.19. The molecule has 0 amide bonds. The van der Waals surface area contributed by atoms with Gasteiger partial charge in [0.05, 0.1) is 0 Å². The van der Waals surface area contributed by atoms with Crippen molar-refractivity contribution in [2.45, 2.75) is 25.3 Å². The van der Waals surface area contributed by atoms with E-state index in [1.54, 1.807) is 0 Å². The van der Waals surface area contributed by atoms with Crippen molar-refractivity contribution in [3.8, 4) is 0 Å². The second-order valence-electron chi connectivity index (χ2n) is 3.81. The van der Waals surface area contributed by atoms with Crippen LogP contribution in [-0.4, -0.2) is 27.9 Å². The van der Waals surface area contributed by atoms with Gasteiger partial charge in [-0.3, -0.25) is 5.10 Å². The summed E-state index contributed by atoms with van der Waals surface area (Å²) in [6, 6.07) is 0. The monoisotopic (exact) mass is 224 g/mol. The Morgan fingerprint density at radius 3 is 2.93 bits per heavy atom. The molecule has 0 spiro atoms. The van der Waals surface area contributed by atoms with Crippen molar-refractivity contribution in [3.63, 3.8) is 0 Å². The third-order valence-electron chi connectivity index (χ3n) is 2.80. The molecule has 0 aromatic carbocycles. The van der Waals surface area contributed by atoms with E-state index in [1.807, 2.05) is 10.6 Å². The first-order chi connectivity index (χ1) is 7.33. The second-order valence-corrected chi connectivity index (χ2v) is 4.20. The van der Waals surface area contributed by atoms with Crippen molar-refractivity contribution in [1.82, 2.24) is 20.1 Å². The lowest BCUT2D eigenvalue weighted by Crippen LogP contribution is -2.28. The highest BCUT2D eigenvalue weighted by molar-refractivity contribution is 7.71. The van der Waals surface area contributed by atoms with Crippen LogP contribution in [0.2, 0.25) is 0 Å². The van der Waals surface area contributed by atoms with Crippen LogP contribution in [0.3, 0.4) is 0 Å². The van der Waals surface area contributed by atoms with E-state index in [1.165, 1.54) is 0 Å². The van der Waals surface area contributed by atoms with Crippen LogP contribution in [0.5, 0.6) is 0 Å². The van der Waals surface area contributed by atoms with Crippen molar-refractivity contribution in [3.05, 3.63) is 23.3 Å². The van der Waals surface area contributed by atoms with Crippen LogP contribution in [0.15, 0.2) is 12.7 Å². The molecule has 2 N–H and O–H groups in total. The predicted octanol–water partition coefficient (Wildman–Crippen LogP) is 1.59. The van der Waals surface area contributed by atoms with Crippen LogP contribution in [0, 0.1) is 4.77 Å². The molecule has 1 aliphatic heterocycles. The summed E-state index contributed by atoms with van der Waals surface area (Å²) < 4.78 is 2.74. The zero-order valence-electron chi connectivity index (χ0n) is 8.70. The second kappa shape index (κ2) is 4.72. The van der Waals surface area contributed by atoms with Crippen molar-refractivity contribution in [1.29, 1.82) is 0 Å². The Morgan fingerprint density at radius 2 is 2.27 bits per heavy atom. The Kier molecular flexibility index (Phi) is 3.33. The Bertz CT molecular complexity index is 386. The van der Waals surface area contributed by atoms with E-state index < -0.39 is 0 Å². The van der Waals surface area contributed by atoms with Crippen LogP contribution >= 0.6 is 12.2 Å². The quantitative estimate of drug-likeness (QED) is 0.605.